The largest absolute Gasteiger partial charge is 0.280 e. The molecule has 0 atom stereocenters. The van der Waals surface area contributed by atoms with Gasteiger partial charge in [-0.2, -0.15) is 5.10 Å². The Morgan fingerprint density at radius 3 is 2.57 bits per heavy atom. The van der Waals surface area contributed by atoms with Crippen LogP contribution in [0.25, 0.3) is 10.9 Å². The number of aryl methyl sites for hydroxylation is 1. The number of rotatable bonds is 3. The monoisotopic (exact) mass is 413 g/mol. The number of nitrogens with one attached hydrogen (secondary N) is 2. The van der Waals surface area contributed by atoms with Crippen molar-refractivity contribution in [3.05, 3.63) is 51.7 Å². The third kappa shape index (κ3) is 2.88. The van der Waals surface area contributed by atoms with E-state index >= 15 is 0 Å². The SMILES string of the molecule is Cc1ccc(S(=O)(=O)Nc2ccc3c(I)[nH]nc3c2)cc1. The van der Waals surface area contributed by atoms with Gasteiger partial charge in [-0.15, -0.1) is 0 Å². The first-order valence-corrected chi connectivity index (χ1v) is 8.75. The van der Waals surface area contributed by atoms with Gasteiger partial charge < -0.3 is 0 Å². The molecule has 21 heavy (non-hydrogen) atoms. The summed E-state index contributed by atoms with van der Waals surface area (Å²) in [5.74, 6) is 0. The van der Waals surface area contributed by atoms with Crippen LogP contribution in [0.3, 0.4) is 0 Å². The van der Waals surface area contributed by atoms with Gasteiger partial charge in [-0.3, -0.25) is 9.82 Å². The van der Waals surface area contributed by atoms with Crippen molar-refractivity contribution in [1.82, 2.24) is 10.2 Å². The second kappa shape index (κ2) is 5.30. The van der Waals surface area contributed by atoms with Crippen LogP contribution in [0.4, 0.5) is 5.69 Å². The molecule has 1 aromatic heterocycles. The van der Waals surface area contributed by atoms with Gasteiger partial charge in [0.15, 0.2) is 0 Å². The van der Waals surface area contributed by atoms with Crippen molar-refractivity contribution in [2.45, 2.75) is 11.8 Å². The minimum Gasteiger partial charge on any atom is -0.280 e. The smallest absolute Gasteiger partial charge is 0.261 e. The third-order valence-corrected chi connectivity index (χ3v) is 5.31. The van der Waals surface area contributed by atoms with Crippen molar-refractivity contribution in [3.63, 3.8) is 0 Å². The molecule has 0 aliphatic heterocycles. The lowest BCUT2D eigenvalue weighted by Gasteiger charge is -2.08. The lowest BCUT2D eigenvalue weighted by Crippen LogP contribution is -2.12. The Labute approximate surface area is 136 Å². The van der Waals surface area contributed by atoms with Gasteiger partial charge in [0.2, 0.25) is 0 Å². The molecular formula is C14H12IN3O2S. The molecule has 0 radical (unpaired) electrons. The van der Waals surface area contributed by atoms with E-state index < -0.39 is 10.0 Å². The fourth-order valence-corrected chi connectivity index (χ4v) is 3.60. The maximum absolute atomic E-state index is 12.3. The zero-order valence-electron chi connectivity index (χ0n) is 11.1. The molecule has 5 nitrogen and oxygen atoms in total. The molecular weight excluding hydrogens is 401 g/mol. The molecule has 0 saturated carbocycles. The highest BCUT2D eigenvalue weighted by Crippen LogP contribution is 2.23. The average Bonchev–Trinajstić information content (AvgIpc) is 2.80. The Morgan fingerprint density at radius 2 is 1.86 bits per heavy atom. The lowest BCUT2D eigenvalue weighted by molar-refractivity contribution is 0.601. The van der Waals surface area contributed by atoms with Gasteiger partial charge in [0.05, 0.1) is 16.1 Å². The topological polar surface area (TPSA) is 74.8 Å². The molecule has 3 rings (SSSR count). The van der Waals surface area contributed by atoms with Gasteiger partial charge in [0.1, 0.15) is 3.70 Å². The summed E-state index contributed by atoms with van der Waals surface area (Å²) in [7, 11) is -3.58. The Morgan fingerprint density at radius 1 is 1.14 bits per heavy atom. The highest BCUT2D eigenvalue weighted by molar-refractivity contribution is 14.1. The van der Waals surface area contributed by atoms with Crippen molar-refractivity contribution in [3.8, 4) is 0 Å². The molecule has 2 aromatic carbocycles. The number of hydrogen-bond acceptors (Lipinski definition) is 3. The van der Waals surface area contributed by atoms with Crippen LogP contribution in [-0.2, 0) is 10.0 Å². The number of halogens is 1. The van der Waals surface area contributed by atoms with Crippen LogP contribution in [0, 0.1) is 10.6 Å². The number of fused-ring (bicyclic) bond motifs is 1. The summed E-state index contributed by atoms with van der Waals surface area (Å²) < 4.78 is 28.1. The molecule has 3 aromatic rings. The van der Waals surface area contributed by atoms with Crippen molar-refractivity contribution >= 4 is 49.2 Å². The highest BCUT2D eigenvalue weighted by atomic mass is 127. The molecule has 0 fully saturated rings. The molecule has 1 heterocycles. The summed E-state index contributed by atoms with van der Waals surface area (Å²) in [5.41, 5.74) is 2.23. The van der Waals surface area contributed by atoms with Crippen LogP contribution in [0.5, 0.6) is 0 Å². The van der Waals surface area contributed by atoms with Crippen LogP contribution in [0.15, 0.2) is 47.4 Å². The van der Waals surface area contributed by atoms with E-state index in [0.717, 1.165) is 20.2 Å². The van der Waals surface area contributed by atoms with Crippen LogP contribution >= 0.6 is 22.6 Å². The standard InChI is InChI=1S/C14H12IN3O2S/c1-9-2-5-11(6-3-9)21(19,20)18-10-4-7-12-13(8-10)16-17-14(12)15/h2-8,18H,1H3,(H,16,17). The zero-order chi connectivity index (χ0) is 15.0. The first kappa shape index (κ1) is 14.3. The minimum atomic E-state index is -3.58. The van der Waals surface area contributed by atoms with Crippen molar-refractivity contribution in [2.24, 2.45) is 0 Å². The summed E-state index contributed by atoms with van der Waals surface area (Å²) in [5, 5.41) is 7.96. The minimum absolute atomic E-state index is 0.241. The normalized spacial score (nSPS) is 11.7. The van der Waals surface area contributed by atoms with E-state index in [4.69, 9.17) is 0 Å². The van der Waals surface area contributed by atoms with Gasteiger partial charge in [-0.1, -0.05) is 17.7 Å². The predicted octanol–water partition coefficient (Wildman–Crippen LogP) is 3.28. The van der Waals surface area contributed by atoms with Crippen molar-refractivity contribution < 1.29 is 8.42 Å². The molecule has 2 N–H and O–H groups in total. The fourth-order valence-electron chi connectivity index (χ4n) is 1.97. The summed E-state index contributed by atoms with van der Waals surface area (Å²) in [6, 6.07) is 12.0. The molecule has 0 bridgehead atoms. The number of H-pyrrole nitrogens is 1. The zero-order valence-corrected chi connectivity index (χ0v) is 14.1. The maximum atomic E-state index is 12.3. The second-order valence-electron chi connectivity index (χ2n) is 4.69. The summed E-state index contributed by atoms with van der Waals surface area (Å²) >= 11 is 2.15. The van der Waals surface area contributed by atoms with Crippen LogP contribution in [0.1, 0.15) is 5.56 Å². The Balaban J connectivity index is 1.95. The molecule has 0 spiro atoms. The number of aromatic nitrogens is 2. The Hall–Kier alpha value is -1.61. The number of sulfonamides is 1. The molecule has 0 saturated heterocycles. The van der Waals surface area contributed by atoms with E-state index in [1.54, 1.807) is 36.4 Å². The quantitative estimate of drug-likeness (QED) is 0.648. The summed E-state index contributed by atoms with van der Waals surface area (Å²) in [6.45, 7) is 1.91. The predicted molar refractivity (Wildman–Crippen MR) is 90.8 cm³/mol. The van der Waals surface area contributed by atoms with E-state index in [0.29, 0.717) is 5.69 Å². The third-order valence-electron chi connectivity index (χ3n) is 3.09. The Bertz CT molecular complexity index is 902. The summed E-state index contributed by atoms with van der Waals surface area (Å²) in [4.78, 5) is 0.241. The second-order valence-corrected chi connectivity index (χ2v) is 7.45. The van der Waals surface area contributed by atoms with Crippen molar-refractivity contribution in [1.29, 1.82) is 0 Å². The van der Waals surface area contributed by atoms with E-state index in [-0.39, 0.29) is 4.90 Å². The van der Waals surface area contributed by atoms with Gasteiger partial charge in [0.25, 0.3) is 10.0 Å². The van der Waals surface area contributed by atoms with Crippen LogP contribution in [-0.4, -0.2) is 18.6 Å². The van der Waals surface area contributed by atoms with E-state index in [1.807, 2.05) is 13.0 Å². The molecule has 0 aliphatic rings. The van der Waals surface area contributed by atoms with E-state index in [2.05, 4.69) is 37.5 Å². The van der Waals surface area contributed by atoms with Gasteiger partial charge in [0, 0.05) is 5.39 Å². The van der Waals surface area contributed by atoms with Gasteiger partial charge in [-0.05, 0) is 59.8 Å². The number of aromatic amines is 1. The molecule has 108 valence electrons. The first-order chi connectivity index (χ1) is 9.95. The first-order valence-electron chi connectivity index (χ1n) is 6.19. The van der Waals surface area contributed by atoms with Gasteiger partial charge in [-0.25, -0.2) is 8.42 Å². The average molecular weight is 413 g/mol. The number of benzene rings is 2. The van der Waals surface area contributed by atoms with E-state index in [1.165, 1.54) is 0 Å². The van der Waals surface area contributed by atoms with Crippen molar-refractivity contribution in [2.75, 3.05) is 4.72 Å². The highest BCUT2D eigenvalue weighted by Gasteiger charge is 2.14. The molecule has 0 unspecified atom stereocenters. The van der Waals surface area contributed by atoms with E-state index in [9.17, 15) is 8.42 Å². The number of nitrogens with zero attached hydrogens (tertiary/aromatic N) is 1. The van der Waals surface area contributed by atoms with Crippen LogP contribution in [0.2, 0.25) is 0 Å². The number of hydrogen-bond donors (Lipinski definition) is 2. The number of anilines is 1. The Kier molecular flexibility index (Phi) is 3.62. The molecule has 7 heteroatoms. The molecule has 0 aliphatic carbocycles. The van der Waals surface area contributed by atoms with Crippen LogP contribution < -0.4 is 4.72 Å². The summed E-state index contributed by atoms with van der Waals surface area (Å²) in [6.07, 6.45) is 0. The van der Waals surface area contributed by atoms with Gasteiger partial charge >= 0.3 is 0 Å². The molecule has 0 amide bonds. The maximum Gasteiger partial charge on any atom is 0.261 e. The lowest BCUT2D eigenvalue weighted by atomic mass is 10.2. The fraction of sp³-hybridized carbons (Fsp3) is 0.0714.